The summed E-state index contributed by atoms with van der Waals surface area (Å²) in [5.74, 6) is 0.146. The van der Waals surface area contributed by atoms with Crippen molar-refractivity contribution in [1.29, 1.82) is 0 Å². The van der Waals surface area contributed by atoms with Crippen LogP contribution in [0.2, 0.25) is 10.0 Å². The molecule has 0 spiro atoms. The molecule has 0 aliphatic heterocycles. The Morgan fingerprint density at radius 3 is 2.35 bits per heavy atom. The minimum Gasteiger partial charge on any atom is -0.334 e. The van der Waals surface area contributed by atoms with Crippen molar-refractivity contribution in [2.45, 2.75) is 39.7 Å². The molecule has 0 saturated heterocycles. The summed E-state index contributed by atoms with van der Waals surface area (Å²) in [4.78, 5) is 27.0. The van der Waals surface area contributed by atoms with Crippen molar-refractivity contribution >= 4 is 41.0 Å². The second-order valence-corrected chi connectivity index (χ2v) is 9.70. The first-order valence-corrected chi connectivity index (χ1v) is 11.8. The largest absolute Gasteiger partial charge is 0.334 e. The monoisotopic (exact) mass is 501 g/mol. The zero-order valence-corrected chi connectivity index (χ0v) is 21.2. The first-order chi connectivity index (χ1) is 16.1. The third-order valence-corrected chi connectivity index (χ3v) is 5.92. The van der Waals surface area contributed by atoms with Gasteiger partial charge in [-0.1, -0.05) is 74.3 Å². The van der Waals surface area contributed by atoms with Gasteiger partial charge in [0.05, 0.1) is 21.4 Å². The van der Waals surface area contributed by atoms with Crippen LogP contribution in [0.5, 0.6) is 0 Å². The molecule has 3 amide bonds. The van der Waals surface area contributed by atoms with Crippen molar-refractivity contribution in [1.82, 2.24) is 20.0 Å². The van der Waals surface area contributed by atoms with E-state index in [-0.39, 0.29) is 23.9 Å². The van der Waals surface area contributed by atoms with E-state index >= 15 is 0 Å². The van der Waals surface area contributed by atoms with Crippen LogP contribution in [0.3, 0.4) is 0 Å². The summed E-state index contributed by atoms with van der Waals surface area (Å²) in [6.45, 7) is 8.60. The lowest BCUT2D eigenvalue weighted by Crippen LogP contribution is -2.43. The zero-order valence-electron chi connectivity index (χ0n) is 19.7. The van der Waals surface area contributed by atoms with Crippen molar-refractivity contribution in [3.63, 3.8) is 0 Å². The van der Waals surface area contributed by atoms with E-state index in [4.69, 9.17) is 23.2 Å². The fraction of sp³-hybridized carbons (Fsp3) is 0.320. The van der Waals surface area contributed by atoms with E-state index in [0.717, 1.165) is 11.3 Å². The molecule has 9 heteroatoms. The zero-order chi connectivity index (χ0) is 24.9. The molecule has 0 fully saturated rings. The highest BCUT2D eigenvalue weighted by Crippen LogP contribution is 2.29. The van der Waals surface area contributed by atoms with Crippen LogP contribution in [0.15, 0.2) is 54.6 Å². The van der Waals surface area contributed by atoms with Crippen LogP contribution in [-0.2, 0) is 16.8 Å². The highest BCUT2D eigenvalue weighted by molar-refractivity contribution is 6.42. The molecule has 2 N–H and O–H groups in total. The summed E-state index contributed by atoms with van der Waals surface area (Å²) in [6, 6.07) is 16.3. The first kappa shape index (κ1) is 25.6. The number of anilines is 1. The maximum absolute atomic E-state index is 12.9. The highest BCUT2D eigenvalue weighted by Gasteiger charge is 2.23. The number of hydrogen-bond donors (Lipinski definition) is 2. The lowest BCUT2D eigenvalue weighted by atomic mass is 9.92. The molecular formula is C25H29Cl2N5O2. The SMILES string of the molecule is CCN(CC(=O)Nc1cc(C(C)(C)C)nn1-c1ccc(Cl)c(Cl)c1)C(=O)NCc1ccccc1. The lowest BCUT2D eigenvalue weighted by molar-refractivity contribution is -0.116. The van der Waals surface area contributed by atoms with E-state index in [0.29, 0.717) is 34.6 Å². The van der Waals surface area contributed by atoms with E-state index in [1.165, 1.54) is 4.90 Å². The van der Waals surface area contributed by atoms with Gasteiger partial charge >= 0.3 is 6.03 Å². The molecule has 1 heterocycles. The van der Waals surface area contributed by atoms with Gasteiger partial charge in [-0.2, -0.15) is 5.10 Å². The molecule has 3 rings (SSSR count). The Kier molecular flexibility index (Phi) is 8.23. The Hall–Kier alpha value is -3.03. The third-order valence-electron chi connectivity index (χ3n) is 5.18. The topological polar surface area (TPSA) is 79.3 Å². The molecule has 1 aromatic heterocycles. The smallest absolute Gasteiger partial charge is 0.318 e. The summed E-state index contributed by atoms with van der Waals surface area (Å²) >= 11 is 12.3. The Labute approximate surface area is 210 Å². The molecule has 7 nitrogen and oxygen atoms in total. The summed E-state index contributed by atoms with van der Waals surface area (Å²) in [5, 5.41) is 11.2. The molecule has 0 unspecified atom stereocenters. The maximum atomic E-state index is 12.9. The first-order valence-electron chi connectivity index (χ1n) is 11.0. The average Bonchev–Trinajstić information content (AvgIpc) is 3.22. The van der Waals surface area contributed by atoms with Crippen molar-refractivity contribution in [3.05, 3.63) is 75.9 Å². The number of carbonyl (C=O) groups is 2. The van der Waals surface area contributed by atoms with Crippen molar-refractivity contribution < 1.29 is 9.59 Å². The van der Waals surface area contributed by atoms with Gasteiger partial charge in [-0.3, -0.25) is 4.79 Å². The number of hydrogen-bond acceptors (Lipinski definition) is 3. The Bertz CT molecular complexity index is 1160. The molecule has 0 atom stereocenters. The van der Waals surface area contributed by atoms with E-state index in [1.54, 1.807) is 22.9 Å². The van der Waals surface area contributed by atoms with E-state index in [9.17, 15) is 9.59 Å². The third kappa shape index (κ3) is 6.52. The van der Waals surface area contributed by atoms with Crippen molar-refractivity contribution in [2.24, 2.45) is 0 Å². The number of carbonyl (C=O) groups excluding carboxylic acids is 2. The number of nitrogens with one attached hydrogen (secondary N) is 2. The van der Waals surface area contributed by atoms with Crippen LogP contribution in [0.1, 0.15) is 39.0 Å². The second-order valence-electron chi connectivity index (χ2n) is 8.88. The van der Waals surface area contributed by atoms with Crippen LogP contribution in [-0.4, -0.2) is 39.7 Å². The van der Waals surface area contributed by atoms with Gasteiger partial charge in [-0.15, -0.1) is 0 Å². The number of amides is 3. The van der Waals surface area contributed by atoms with Gasteiger partial charge in [-0.05, 0) is 30.7 Å². The average molecular weight is 502 g/mol. The summed E-state index contributed by atoms with van der Waals surface area (Å²) < 4.78 is 1.62. The number of rotatable bonds is 7. The molecule has 0 aliphatic rings. The molecule has 2 aromatic carbocycles. The Morgan fingerprint density at radius 1 is 1.03 bits per heavy atom. The van der Waals surface area contributed by atoms with Crippen LogP contribution in [0.4, 0.5) is 10.6 Å². The summed E-state index contributed by atoms with van der Waals surface area (Å²) in [5.41, 5.74) is 2.19. The summed E-state index contributed by atoms with van der Waals surface area (Å²) in [7, 11) is 0. The fourth-order valence-corrected chi connectivity index (χ4v) is 3.51. The van der Waals surface area contributed by atoms with Crippen molar-refractivity contribution in [2.75, 3.05) is 18.4 Å². The molecule has 0 bridgehead atoms. The Morgan fingerprint density at radius 2 is 1.74 bits per heavy atom. The van der Waals surface area contributed by atoms with Gasteiger partial charge in [0.15, 0.2) is 0 Å². The van der Waals surface area contributed by atoms with E-state index in [1.807, 2.05) is 64.1 Å². The number of benzene rings is 2. The van der Waals surface area contributed by atoms with Gasteiger partial charge in [0.25, 0.3) is 0 Å². The Balaban J connectivity index is 1.75. The van der Waals surface area contributed by atoms with Gasteiger partial charge in [-0.25, -0.2) is 9.48 Å². The molecule has 34 heavy (non-hydrogen) atoms. The molecular weight excluding hydrogens is 473 g/mol. The summed E-state index contributed by atoms with van der Waals surface area (Å²) in [6.07, 6.45) is 0. The predicted octanol–water partition coefficient (Wildman–Crippen LogP) is 5.65. The highest BCUT2D eigenvalue weighted by atomic mass is 35.5. The molecule has 0 radical (unpaired) electrons. The second kappa shape index (κ2) is 10.9. The lowest BCUT2D eigenvalue weighted by Gasteiger charge is -2.21. The minimum atomic E-state index is -0.335. The van der Waals surface area contributed by atoms with Crippen LogP contribution in [0, 0.1) is 0 Å². The molecule has 0 saturated carbocycles. The number of urea groups is 1. The van der Waals surface area contributed by atoms with Crippen LogP contribution < -0.4 is 10.6 Å². The number of aromatic nitrogens is 2. The van der Waals surface area contributed by atoms with Gasteiger partial charge in [0.1, 0.15) is 12.4 Å². The van der Waals surface area contributed by atoms with Gasteiger partial charge in [0, 0.05) is 24.6 Å². The molecule has 0 aliphatic carbocycles. The molecule has 180 valence electrons. The number of likely N-dealkylation sites (N-methyl/N-ethyl adjacent to an activating group) is 1. The maximum Gasteiger partial charge on any atom is 0.318 e. The minimum absolute atomic E-state index is 0.103. The van der Waals surface area contributed by atoms with E-state index in [2.05, 4.69) is 15.7 Å². The van der Waals surface area contributed by atoms with Gasteiger partial charge < -0.3 is 15.5 Å². The normalized spacial score (nSPS) is 11.2. The number of halogens is 2. The molecule has 3 aromatic rings. The standard InChI is InChI=1S/C25H29Cl2N5O2/c1-5-31(24(34)28-15-17-9-7-6-8-10-17)16-23(33)29-22-14-21(25(2,3)4)30-32(22)18-11-12-19(26)20(27)13-18/h6-14H,5,15-16H2,1-4H3,(H,28,34)(H,29,33). The predicted molar refractivity (Wildman–Crippen MR) is 137 cm³/mol. The van der Waals surface area contributed by atoms with Crippen LogP contribution in [0.25, 0.3) is 5.69 Å². The number of nitrogens with zero attached hydrogens (tertiary/aromatic N) is 3. The van der Waals surface area contributed by atoms with Crippen molar-refractivity contribution in [3.8, 4) is 5.69 Å². The fourth-order valence-electron chi connectivity index (χ4n) is 3.22. The quantitative estimate of drug-likeness (QED) is 0.439. The van der Waals surface area contributed by atoms with Crippen LogP contribution >= 0.6 is 23.2 Å². The van der Waals surface area contributed by atoms with E-state index < -0.39 is 0 Å². The van der Waals surface area contributed by atoms with Gasteiger partial charge in [0.2, 0.25) is 5.91 Å².